The van der Waals surface area contributed by atoms with Crippen molar-refractivity contribution < 1.29 is 26.3 Å². The van der Waals surface area contributed by atoms with Crippen molar-refractivity contribution in [2.75, 3.05) is 11.4 Å². The van der Waals surface area contributed by atoms with Gasteiger partial charge in [0.05, 0.1) is 10.6 Å². The van der Waals surface area contributed by atoms with Crippen molar-refractivity contribution in [2.45, 2.75) is 31.8 Å². The molecule has 0 aliphatic carbocycles. The fourth-order valence-electron chi connectivity index (χ4n) is 3.16. The number of alkyl halides is 3. The van der Waals surface area contributed by atoms with Crippen molar-refractivity contribution in [3.8, 4) is 11.6 Å². The van der Waals surface area contributed by atoms with E-state index in [0.717, 1.165) is 19.9 Å². The minimum atomic E-state index is -4.73. The average molecular weight is 491 g/mol. The van der Waals surface area contributed by atoms with Gasteiger partial charge in [-0.05, 0) is 68.3 Å². The fraction of sp³-hybridized carbons (Fsp3) is 0.227. The number of rotatable bonds is 5. The van der Waals surface area contributed by atoms with Gasteiger partial charge < -0.3 is 4.74 Å². The van der Waals surface area contributed by atoms with Crippen LogP contribution in [0.15, 0.2) is 53.4 Å². The van der Waals surface area contributed by atoms with E-state index in [1.165, 1.54) is 37.4 Å². The first-order valence-electron chi connectivity index (χ1n) is 10.0. The number of anilines is 1. The molecule has 0 saturated heterocycles. The van der Waals surface area contributed by atoms with Gasteiger partial charge in [0.25, 0.3) is 21.6 Å². The van der Waals surface area contributed by atoms with E-state index in [2.05, 4.69) is 15.1 Å². The maximum Gasteiger partial charge on any atom is 0.453 e. The molecular formula is C22H20F3N5O3S. The Balaban J connectivity index is 1.61. The van der Waals surface area contributed by atoms with Crippen molar-refractivity contribution in [1.82, 2.24) is 19.6 Å². The summed E-state index contributed by atoms with van der Waals surface area (Å²) in [5.41, 5.74) is 2.61. The average Bonchev–Trinajstić information content (AvgIpc) is 3.20. The fourth-order valence-corrected chi connectivity index (χ4v) is 4.44. The summed E-state index contributed by atoms with van der Waals surface area (Å²) in [6.45, 7) is 5.32. The Morgan fingerprint density at radius 1 is 0.941 bits per heavy atom. The van der Waals surface area contributed by atoms with E-state index in [1.807, 2.05) is 13.8 Å². The standard InChI is InChI=1S/C22H20F3N5O3S/c1-13-5-10-18(11-14(13)2)34(31,32)29(4)16-6-8-17(9-7-16)33-19-12-15(3)26-21-27-20(22(23,24)25)28-30(19)21/h5-12H,1-4H3. The summed E-state index contributed by atoms with van der Waals surface area (Å²) in [4.78, 5) is 7.53. The molecule has 2 aromatic heterocycles. The molecule has 4 aromatic rings. The normalized spacial score (nSPS) is 12.2. The Kier molecular flexibility index (Phi) is 5.72. The smallest absolute Gasteiger partial charge is 0.439 e. The zero-order valence-electron chi connectivity index (χ0n) is 18.6. The summed E-state index contributed by atoms with van der Waals surface area (Å²) in [7, 11) is -2.36. The molecule has 0 fully saturated rings. The van der Waals surface area contributed by atoms with E-state index in [1.54, 1.807) is 25.1 Å². The highest BCUT2D eigenvalue weighted by molar-refractivity contribution is 7.92. The van der Waals surface area contributed by atoms with Crippen molar-refractivity contribution in [2.24, 2.45) is 0 Å². The monoisotopic (exact) mass is 491 g/mol. The topological polar surface area (TPSA) is 89.7 Å². The number of aryl methyl sites for hydroxylation is 3. The quantitative estimate of drug-likeness (QED) is 0.403. The van der Waals surface area contributed by atoms with Crippen molar-refractivity contribution >= 4 is 21.5 Å². The molecular weight excluding hydrogens is 471 g/mol. The highest BCUT2D eigenvalue weighted by Gasteiger charge is 2.37. The van der Waals surface area contributed by atoms with Crippen LogP contribution in [0.5, 0.6) is 11.6 Å². The molecule has 0 spiro atoms. The van der Waals surface area contributed by atoms with E-state index in [9.17, 15) is 21.6 Å². The molecule has 0 bridgehead atoms. The number of halogens is 3. The van der Waals surface area contributed by atoms with Gasteiger partial charge in [-0.2, -0.15) is 22.7 Å². The Morgan fingerprint density at radius 2 is 1.62 bits per heavy atom. The van der Waals surface area contributed by atoms with Gasteiger partial charge in [0.1, 0.15) is 5.75 Å². The van der Waals surface area contributed by atoms with Crippen LogP contribution in [0.1, 0.15) is 22.6 Å². The summed E-state index contributed by atoms with van der Waals surface area (Å²) in [6.07, 6.45) is -4.73. The molecule has 2 aromatic carbocycles. The third-order valence-corrected chi connectivity index (χ3v) is 7.00. The van der Waals surface area contributed by atoms with Crippen LogP contribution in [0, 0.1) is 20.8 Å². The van der Waals surface area contributed by atoms with Crippen LogP contribution in [-0.2, 0) is 16.2 Å². The van der Waals surface area contributed by atoms with Gasteiger partial charge in [0.15, 0.2) is 0 Å². The number of fused-ring (bicyclic) bond motifs is 1. The molecule has 0 amide bonds. The number of sulfonamides is 1. The molecule has 0 radical (unpaired) electrons. The third kappa shape index (κ3) is 4.40. The number of benzene rings is 2. The molecule has 12 heteroatoms. The molecule has 4 rings (SSSR count). The van der Waals surface area contributed by atoms with Crippen LogP contribution >= 0.6 is 0 Å². The first kappa shape index (κ1) is 23.5. The number of nitrogens with zero attached hydrogens (tertiary/aromatic N) is 5. The summed E-state index contributed by atoms with van der Waals surface area (Å²) in [6, 6.07) is 12.4. The lowest BCUT2D eigenvalue weighted by Gasteiger charge is -2.20. The molecule has 2 heterocycles. The lowest BCUT2D eigenvalue weighted by atomic mass is 10.1. The number of hydrogen-bond acceptors (Lipinski definition) is 6. The second-order valence-corrected chi connectivity index (χ2v) is 9.66. The van der Waals surface area contributed by atoms with E-state index in [-0.39, 0.29) is 22.3 Å². The van der Waals surface area contributed by atoms with Crippen LogP contribution in [0.3, 0.4) is 0 Å². The molecule has 0 saturated carbocycles. The lowest BCUT2D eigenvalue weighted by molar-refractivity contribution is -0.144. The molecule has 34 heavy (non-hydrogen) atoms. The van der Waals surface area contributed by atoms with Crippen LogP contribution in [0.25, 0.3) is 5.78 Å². The highest BCUT2D eigenvalue weighted by Crippen LogP contribution is 2.30. The second-order valence-electron chi connectivity index (χ2n) is 7.70. The predicted molar refractivity (Wildman–Crippen MR) is 119 cm³/mol. The van der Waals surface area contributed by atoms with Crippen LogP contribution in [-0.4, -0.2) is 35.0 Å². The molecule has 0 aliphatic heterocycles. The minimum absolute atomic E-state index is 0.0191. The van der Waals surface area contributed by atoms with Gasteiger partial charge in [-0.1, -0.05) is 6.07 Å². The second kappa shape index (κ2) is 8.28. The Morgan fingerprint density at radius 3 is 2.24 bits per heavy atom. The van der Waals surface area contributed by atoms with Crippen molar-refractivity contribution in [1.29, 1.82) is 0 Å². The first-order chi connectivity index (χ1) is 15.9. The van der Waals surface area contributed by atoms with Gasteiger partial charge in [0, 0.05) is 18.8 Å². The Bertz CT molecular complexity index is 1480. The summed E-state index contributed by atoms with van der Waals surface area (Å²) >= 11 is 0. The number of aromatic nitrogens is 4. The molecule has 0 unspecified atom stereocenters. The maximum absolute atomic E-state index is 13.0. The third-order valence-electron chi connectivity index (χ3n) is 5.22. The molecule has 0 N–H and O–H groups in total. The van der Waals surface area contributed by atoms with Gasteiger partial charge in [-0.25, -0.2) is 13.4 Å². The summed E-state index contributed by atoms with van der Waals surface area (Å²) in [5.74, 6) is -1.34. The molecule has 0 atom stereocenters. The molecule has 0 aliphatic rings. The predicted octanol–water partition coefficient (Wildman–Crippen LogP) is 4.69. The van der Waals surface area contributed by atoms with E-state index < -0.39 is 22.0 Å². The molecule has 178 valence electrons. The minimum Gasteiger partial charge on any atom is -0.439 e. The largest absolute Gasteiger partial charge is 0.453 e. The van der Waals surface area contributed by atoms with Crippen LogP contribution < -0.4 is 9.04 Å². The zero-order chi connectivity index (χ0) is 24.8. The summed E-state index contributed by atoms with van der Waals surface area (Å²) < 4.78 is 72.8. The number of ether oxygens (including phenoxy) is 1. The van der Waals surface area contributed by atoms with Gasteiger partial charge in [-0.3, -0.25) is 4.31 Å². The van der Waals surface area contributed by atoms with E-state index in [4.69, 9.17) is 4.74 Å². The van der Waals surface area contributed by atoms with Crippen molar-refractivity contribution in [3.05, 3.63) is 71.2 Å². The SMILES string of the molecule is Cc1cc(Oc2ccc(N(C)S(=O)(=O)c3ccc(C)c(C)c3)cc2)n2nc(C(F)(F)F)nc2n1. The highest BCUT2D eigenvalue weighted by atomic mass is 32.2. The van der Waals surface area contributed by atoms with Crippen LogP contribution in [0.2, 0.25) is 0 Å². The zero-order valence-corrected chi connectivity index (χ0v) is 19.4. The summed E-state index contributed by atoms with van der Waals surface area (Å²) in [5, 5.41) is 3.45. The number of hydrogen-bond donors (Lipinski definition) is 0. The van der Waals surface area contributed by atoms with E-state index in [0.29, 0.717) is 11.4 Å². The first-order valence-corrected chi connectivity index (χ1v) is 11.5. The van der Waals surface area contributed by atoms with Gasteiger partial charge in [0.2, 0.25) is 5.88 Å². The van der Waals surface area contributed by atoms with Gasteiger partial charge >= 0.3 is 6.18 Å². The van der Waals surface area contributed by atoms with Crippen LogP contribution in [0.4, 0.5) is 18.9 Å². The Labute approximate surface area is 193 Å². The van der Waals surface area contributed by atoms with E-state index >= 15 is 0 Å². The van der Waals surface area contributed by atoms with Crippen molar-refractivity contribution in [3.63, 3.8) is 0 Å². The lowest BCUT2D eigenvalue weighted by Crippen LogP contribution is -2.26. The Hall–Kier alpha value is -3.67. The van der Waals surface area contributed by atoms with Gasteiger partial charge in [-0.15, -0.1) is 5.10 Å². The maximum atomic E-state index is 13.0. The molecule has 8 nitrogen and oxygen atoms in total.